The van der Waals surface area contributed by atoms with E-state index in [0.29, 0.717) is 19.0 Å². The number of aromatic nitrogens is 1. The molecule has 0 atom stereocenters. The SMILES string of the molecule is NC(=NCC1(c2ccc(F)cc2)CCCC1)NCCc1ccccn1. The van der Waals surface area contributed by atoms with Crippen LogP contribution in [0.15, 0.2) is 53.7 Å². The number of rotatable bonds is 6. The number of pyridine rings is 1. The predicted molar refractivity (Wildman–Crippen MR) is 99.0 cm³/mol. The van der Waals surface area contributed by atoms with E-state index in [0.717, 1.165) is 30.5 Å². The van der Waals surface area contributed by atoms with Crippen LogP contribution in [0.2, 0.25) is 0 Å². The van der Waals surface area contributed by atoms with Crippen LogP contribution in [0, 0.1) is 5.82 Å². The summed E-state index contributed by atoms with van der Waals surface area (Å²) >= 11 is 0. The van der Waals surface area contributed by atoms with E-state index in [1.54, 1.807) is 6.20 Å². The maximum atomic E-state index is 13.2. The van der Waals surface area contributed by atoms with Crippen LogP contribution in [-0.2, 0) is 11.8 Å². The molecule has 1 aliphatic rings. The Morgan fingerprint density at radius 3 is 2.60 bits per heavy atom. The van der Waals surface area contributed by atoms with Gasteiger partial charge in [-0.2, -0.15) is 0 Å². The van der Waals surface area contributed by atoms with E-state index in [-0.39, 0.29) is 11.2 Å². The van der Waals surface area contributed by atoms with Crippen LogP contribution in [-0.4, -0.2) is 24.0 Å². The van der Waals surface area contributed by atoms with Crippen LogP contribution >= 0.6 is 0 Å². The molecule has 1 aliphatic carbocycles. The standard InChI is InChI=1S/C20H25FN4/c21-17-8-6-16(7-9-17)20(11-2-3-12-20)15-25-19(22)24-14-10-18-5-1-4-13-23-18/h1,4-9,13H,2-3,10-12,14-15H2,(H3,22,24,25). The molecule has 0 aliphatic heterocycles. The van der Waals surface area contributed by atoms with Crippen LogP contribution in [0.1, 0.15) is 36.9 Å². The first kappa shape index (κ1) is 17.4. The van der Waals surface area contributed by atoms with E-state index >= 15 is 0 Å². The summed E-state index contributed by atoms with van der Waals surface area (Å²) in [5.41, 5.74) is 8.22. The molecule has 4 nitrogen and oxygen atoms in total. The second-order valence-corrected chi connectivity index (χ2v) is 6.69. The van der Waals surface area contributed by atoms with Crippen molar-refractivity contribution in [1.29, 1.82) is 0 Å². The predicted octanol–water partition coefficient (Wildman–Crippen LogP) is 3.18. The molecule has 0 spiro atoms. The third kappa shape index (κ3) is 4.56. The van der Waals surface area contributed by atoms with Gasteiger partial charge < -0.3 is 11.1 Å². The van der Waals surface area contributed by atoms with E-state index in [4.69, 9.17) is 5.73 Å². The van der Waals surface area contributed by atoms with Crippen LogP contribution in [0.3, 0.4) is 0 Å². The van der Waals surface area contributed by atoms with Crippen LogP contribution in [0.4, 0.5) is 4.39 Å². The minimum atomic E-state index is -0.198. The number of guanidine groups is 1. The quantitative estimate of drug-likeness (QED) is 0.627. The molecule has 1 heterocycles. The molecule has 5 heteroatoms. The molecule has 1 aromatic carbocycles. The Balaban J connectivity index is 1.58. The highest BCUT2D eigenvalue weighted by atomic mass is 19.1. The lowest BCUT2D eigenvalue weighted by Crippen LogP contribution is -2.35. The zero-order valence-electron chi connectivity index (χ0n) is 14.4. The first-order chi connectivity index (χ1) is 12.2. The molecule has 0 bridgehead atoms. The number of hydrogen-bond acceptors (Lipinski definition) is 2. The Kier molecular flexibility index (Phi) is 5.64. The number of nitrogens with zero attached hydrogens (tertiary/aromatic N) is 2. The number of nitrogens with one attached hydrogen (secondary N) is 1. The van der Waals surface area contributed by atoms with Gasteiger partial charge in [0.25, 0.3) is 0 Å². The molecule has 3 rings (SSSR count). The summed E-state index contributed by atoms with van der Waals surface area (Å²) in [5, 5.41) is 3.16. The Labute approximate surface area is 148 Å². The molecule has 132 valence electrons. The van der Waals surface area contributed by atoms with Crippen molar-refractivity contribution in [3.63, 3.8) is 0 Å². The lowest BCUT2D eigenvalue weighted by molar-refractivity contribution is 0.452. The monoisotopic (exact) mass is 340 g/mol. The first-order valence-electron chi connectivity index (χ1n) is 8.88. The zero-order valence-corrected chi connectivity index (χ0v) is 14.4. The first-order valence-corrected chi connectivity index (χ1v) is 8.88. The van der Waals surface area contributed by atoms with Crippen molar-refractivity contribution < 1.29 is 4.39 Å². The van der Waals surface area contributed by atoms with Gasteiger partial charge in [0.05, 0.1) is 6.54 Å². The van der Waals surface area contributed by atoms with Crippen molar-refractivity contribution >= 4 is 5.96 Å². The summed E-state index contributed by atoms with van der Waals surface area (Å²) in [5.74, 6) is 0.264. The summed E-state index contributed by atoms with van der Waals surface area (Å²) in [6.45, 7) is 1.34. The van der Waals surface area contributed by atoms with Gasteiger partial charge in [-0.15, -0.1) is 0 Å². The summed E-state index contributed by atoms with van der Waals surface area (Å²) in [7, 11) is 0. The van der Waals surface area contributed by atoms with Crippen molar-refractivity contribution in [3.8, 4) is 0 Å². The third-order valence-corrected chi connectivity index (χ3v) is 4.98. The van der Waals surface area contributed by atoms with Crippen LogP contribution < -0.4 is 11.1 Å². The molecule has 1 saturated carbocycles. The van der Waals surface area contributed by atoms with Crippen LogP contribution in [0.5, 0.6) is 0 Å². The van der Waals surface area contributed by atoms with Crippen molar-refractivity contribution in [2.24, 2.45) is 10.7 Å². The lowest BCUT2D eigenvalue weighted by atomic mass is 9.79. The van der Waals surface area contributed by atoms with Crippen molar-refractivity contribution in [2.75, 3.05) is 13.1 Å². The number of halogens is 1. The second kappa shape index (κ2) is 8.10. The van der Waals surface area contributed by atoms with Crippen molar-refractivity contribution in [1.82, 2.24) is 10.3 Å². The van der Waals surface area contributed by atoms with Gasteiger partial charge in [-0.25, -0.2) is 4.39 Å². The zero-order chi connectivity index (χ0) is 17.5. The summed E-state index contributed by atoms with van der Waals surface area (Å²) in [4.78, 5) is 8.87. The Bertz CT molecular complexity index is 691. The van der Waals surface area contributed by atoms with Gasteiger partial charge >= 0.3 is 0 Å². The highest BCUT2D eigenvalue weighted by Gasteiger charge is 2.35. The fourth-order valence-electron chi connectivity index (χ4n) is 3.55. The van der Waals surface area contributed by atoms with E-state index in [9.17, 15) is 4.39 Å². The molecule has 2 aromatic rings. The van der Waals surface area contributed by atoms with Crippen molar-refractivity contribution in [2.45, 2.75) is 37.5 Å². The number of aliphatic imine (C=N–C) groups is 1. The molecule has 1 fully saturated rings. The Morgan fingerprint density at radius 2 is 1.92 bits per heavy atom. The van der Waals surface area contributed by atoms with E-state index in [2.05, 4.69) is 15.3 Å². The molecule has 0 saturated heterocycles. The smallest absolute Gasteiger partial charge is 0.188 e. The third-order valence-electron chi connectivity index (χ3n) is 4.98. The van der Waals surface area contributed by atoms with Gasteiger partial charge in [-0.3, -0.25) is 9.98 Å². The van der Waals surface area contributed by atoms with Crippen LogP contribution in [0.25, 0.3) is 0 Å². The normalized spacial score (nSPS) is 16.8. The maximum Gasteiger partial charge on any atom is 0.188 e. The lowest BCUT2D eigenvalue weighted by Gasteiger charge is -2.28. The van der Waals surface area contributed by atoms with Gasteiger partial charge in [0.2, 0.25) is 0 Å². The molecule has 0 unspecified atom stereocenters. The minimum Gasteiger partial charge on any atom is -0.370 e. The van der Waals surface area contributed by atoms with Crippen molar-refractivity contribution in [3.05, 3.63) is 65.7 Å². The molecular weight excluding hydrogens is 315 g/mol. The highest BCUT2D eigenvalue weighted by molar-refractivity contribution is 5.77. The number of hydrogen-bond donors (Lipinski definition) is 2. The average Bonchev–Trinajstić information content (AvgIpc) is 3.12. The molecule has 3 N–H and O–H groups in total. The largest absolute Gasteiger partial charge is 0.370 e. The van der Waals surface area contributed by atoms with Gasteiger partial charge in [-0.05, 0) is 42.7 Å². The van der Waals surface area contributed by atoms with Gasteiger partial charge in [-0.1, -0.05) is 31.0 Å². The minimum absolute atomic E-state index is 0.0129. The van der Waals surface area contributed by atoms with E-state index in [1.807, 2.05) is 30.3 Å². The average molecular weight is 340 g/mol. The fraction of sp³-hybridized carbons (Fsp3) is 0.400. The van der Waals surface area contributed by atoms with Gasteiger partial charge in [0.15, 0.2) is 5.96 Å². The molecule has 0 amide bonds. The number of benzene rings is 1. The Morgan fingerprint density at radius 1 is 1.16 bits per heavy atom. The van der Waals surface area contributed by atoms with Gasteiger partial charge in [0.1, 0.15) is 5.82 Å². The topological polar surface area (TPSA) is 63.3 Å². The second-order valence-electron chi connectivity index (χ2n) is 6.69. The molecule has 0 radical (unpaired) electrons. The van der Waals surface area contributed by atoms with Gasteiger partial charge in [0, 0.05) is 30.3 Å². The summed E-state index contributed by atoms with van der Waals surface area (Å²) in [6.07, 6.45) is 7.10. The molecular formula is C20H25FN4. The maximum absolute atomic E-state index is 13.2. The Hall–Kier alpha value is -2.43. The fourth-order valence-corrected chi connectivity index (χ4v) is 3.55. The highest BCUT2D eigenvalue weighted by Crippen LogP contribution is 2.41. The molecule has 1 aromatic heterocycles. The number of nitrogens with two attached hydrogens (primary N) is 1. The van der Waals surface area contributed by atoms with E-state index < -0.39 is 0 Å². The van der Waals surface area contributed by atoms with E-state index in [1.165, 1.54) is 25.0 Å². The summed E-state index contributed by atoms with van der Waals surface area (Å²) < 4.78 is 13.2. The molecule has 25 heavy (non-hydrogen) atoms. The summed E-state index contributed by atoms with van der Waals surface area (Å²) in [6, 6.07) is 12.7.